The zero-order chi connectivity index (χ0) is 9.84. The van der Waals surface area contributed by atoms with E-state index in [1.807, 2.05) is 12.4 Å². The molecule has 0 unspecified atom stereocenters. The molecule has 0 bridgehead atoms. The summed E-state index contributed by atoms with van der Waals surface area (Å²) >= 11 is 0. The standard InChI is InChI=1S/C12H15N/c1-5-6-11-7-13-8-12(9(2)3)10(11)4/h1,7-9H,6H2,2-4H3. The van der Waals surface area contributed by atoms with Gasteiger partial charge in [0.1, 0.15) is 0 Å². The number of nitrogens with zero attached hydrogens (tertiary/aromatic N) is 1. The van der Waals surface area contributed by atoms with E-state index in [0.29, 0.717) is 12.3 Å². The lowest BCUT2D eigenvalue weighted by molar-refractivity contribution is 0.842. The summed E-state index contributed by atoms with van der Waals surface area (Å²) in [6.07, 6.45) is 9.75. The van der Waals surface area contributed by atoms with Crippen LogP contribution in [-0.2, 0) is 6.42 Å². The van der Waals surface area contributed by atoms with Gasteiger partial charge in [-0.2, -0.15) is 0 Å². The maximum absolute atomic E-state index is 5.28. The fourth-order valence-electron chi connectivity index (χ4n) is 1.46. The monoisotopic (exact) mass is 173 g/mol. The molecule has 0 atom stereocenters. The van der Waals surface area contributed by atoms with E-state index in [0.717, 1.165) is 0 Å². The third-order valence-corrected chi connectivity index (χ3v) is 2.27. The summed E-state index contributed by atoms with van der Waals surface area (Å²) < 4.78 is 0. The van der Waals surface area contributed by atoms with Crippen molar-refractivity contribution in [2.45, 2.75) is 33.1 Å². The predicted octanol–water partition coefficient (Wildman–Crippen LogP) is 2.69. The third-order valence-electron chi connectivity index (χ3n) is 2.27. The van der Waals surface area contributed by atoms with Crippen LogP contribution in [0.15, 0.2) is 12.4 Å². The van der Waals surface area contributed by atoms with Gasteiger partial charge in [0.25, 0.3) is 0 Å². The maximum atomic E-state index is 5.28. The molecule has 13 heavy (non-hydrogen) atoms. The van der Waals surface area contributed by atoms with Gasteiger partial charge in [0.2, 0.25) is 0 Å². The van der Waals surface area contributed by atoms with E-state index < -0.39 is 0 Å². The first-order valence-electron chi connectivity index (χ1n) is 4.53. The Morgan fingerprint density at radius 3 is 2.69 bits per heavy atom. The van der Waals surface area contributed by atoms with Crippen LogP contribution in [0.1, 0.15) is 36.5 Å². The number of terminal acetylenes is 1. The van der Waals surface area contributed by atoms with E-state index in [1.54, 1.807) is 0 Å². The van der Waals surface area contributed by atoms with Crippen LogP contribution in [0.5, 0.6) is 0 Å². The minimum atomic E-state index is 0.519. The van der Waals surface area contributed by atoms with Gasteiger partial charge in [-0.3, -0.25) is 4.98 Å². The molecule has 0 amide bonds. The van der Waals surface area contributed by atoms with Gasteiger partial charge < -0.3 is 0 Å². The quantitative estimate of drug-likeness (QED) is 0.627. The van der Waals surface area contributed by atoms with E-state index in [2.05, 4.69) is 31.7 Å². The zero-order valence-electron chi connectivity index (χ0n) is 8.46. The highest BCUT2D eigenvalue weighted by Crippen LogP contribution is 2.20. The molecule has 0 aromatic carbocycles. The first-order chi connectivity index (χ1) is 6.16. The third kappa shape index (κ3) is 2.09. The summed E-state index contributed by atoms with van der Waals surface area (Å²) in [7, 11) is 0. The largest absolute Gasteiger partial charge is 0.264 e. The van der Waals surface area contributed by atoms with Crippen LogP contribution < -0.4 is 0 Å². The molecule has 0 spiro atoms. The van der Waals surface area contributed by atoms with Crippen LogP contribution in [0.25, 0.3) is 0 Å². The number of pyridine rings is 1. The van der Waals surface area contributed by atoms with Gasteiger partial charge in [0.15, 0.2) is 0 Å². The molecule has 0 aliphatic heterocycles. The maximum Gasteiger partial charge on any atom is 0.0355 e. The molecular formula is C12H15N. The second kappa shape index (κ2) is 4.09. The fraction of sp³-hybridized carbons (Fsp3) is 0.417. The first-order valence-corrected chi connectivity index (χ1v) is 4.53. The van der Waals surface area contributed by atoms with Gasteiger partial charge in [-0.25, -0.2) is 0 Å². The Bertz CT molecular complexity index is 331. The summed E-state index contributed by atoms with van der Waals surface area (Å²) in [6.45, 7) is 6.46. The van der Waals surface area contributed by atoms with Crippen LogP contribution >= 0.6 is 0 Å². The Labute approximate surface area is 80.2 Å². The fourth-order valence-corrected chi connectivity index (χ4v) is 1.46. The van der Waals surface area contributed by atoms with Gasteiger partial charge in [0, 0.05) is 18.8 Å². The zero-order valence-corrected chi connectivity index (χ0v) is 8.46. The molecule has 68 valence electrons. The van der Waals surface area contributed by atoms with Gasteiger partial charge in [-0.05, 0) is 29.5 Å². The lowest BCUT2D eigenvalue weighted by Gasteiger charge is -2.11. The van der Waals surface area contributed by atoms with Crippen LogP contribution in [0.4, 0.5) is 0 Å². The Hall–Kier alpha value is -1.29. The second-order valence-corrected chi connectivity index (χ2v) is 3.55. The average Bonchev–Trinajstić information content (AvgIpc) is 2.08. The Kier molecular flexibility index (Phi) is 3.08. The Morgan fingerprint density at radius 2 is 2.15 bits per heavy atom. The Balaban J connectivity index is 3.12. The van der Waals surface area contributed by atoms with Crippen molar-refractivity contribution in [3.05, 3.63) is 29.1 Å². The number of aromatic nitrogens is 1. The number of hydrogen-bond donors (Lipinski definition) is 0. The number of rotatable bonds is 2. The summed E-state index contributed by atoms with van der Waals surface area (Å²) in [6, 6.07) is 0. The van der Waals surface area contributed by atoms with Gasteiger partial charge >= 0.3 is 0 Å². The lowest BCUT2D eigenvalue weighted by atomic mass is 9.96. The minimum absolute atomic E-state index is 0.519. The molecule has 0 N–H and O–H groups in total. The molecule has 1 nitrogen and oxygen atoms in total. The molecule has 1 heteroatoms. The van der Waals surface area contributed by atoms with E-state index in [1.165, 1.54) is 16.7 Å². The van der Waals surface area contributed by atoms with Crippen molar-refractivity contribution in [3.8, 4) is 12.3 Å². The van der Waals surface area contributed by atoms with Crippen molar-refractivity contribution in [2.75, 3.05) is 0 Å². The highest BCUT2D eigenvalue weighted by atomic mass is 14.6. The molecule has 1 heterocycles. The van der Waals surface area contributed by atoms with Crippen LogP contribution in [-0.4, -0.2) is 4.98 Å². The topological polar surface area (TPSA) is 12.9 Å². The molecular weight excluding hydrogens is 158 g/mol. The number of hydrogen-bond acceptors (Lipinski definition) is 1. The SMILES string of the molecule is C#CCc1cncc(C(C)C)c1C. The molecule has 0 radical (unpaired) electrons. The van der Waals surface area contributed by atoms with E-state index in [9.17, 15) is 0 Å². The summed E-state index contributed by atoms with van der Waals surface area (Å²) in [5, 5.41) is 0. The van der Waals surface area contributed by atoms with Crippen molar-refractivity contribution in [2.24, 2.45) is 0 Å². The van der Waals surface area contributed by atoms with Crippen LogP contribution in [0.2, 0.25) is 0 Å². The van der Waals surface area contributed by atoms with Crippen LogP contribution in [0.3, 0.4) is 0 Å². The summed E-state index contributed by atoms with van der Waals surface area (Å²) in [4.78, 5) is 4.19. The van der Waals surface area contributed by atoms with Crippen molar-refractivity contribution in [3.63, 3.8) is 0 Å². The molecule has 0 fully saturated rings. The molecule has 1 aromatic heterocycles. The first kappa shape index (κ1) is 9.80. The molecule has 0 saturated carbocycles. The molecule has 1 rings (SSSR count). The predicted molar refractivity (Wildman–Crippen MR) is 55.6 cm³/mol. The average molecular weight is 173 g/mol. The molecule has 0 aliphatic carbocycles. The second-order valence-electron chi connectivity index (χ2n) is 3.55. The normalized spacial score (nSPS) is 10.1. The minimum Gasteiger partial charge on any atom is -0.264 e. The lowest BCUT2D eigenvalue weighted by Crippen LogP contribution is -1.98. The van der Waals surface area contributed by atoms with Crippen LogP contribution in [0, 0.1) is 19.3 Å². The smallest absolute Gasteiger partial charge is 0.0355 e. The van der Waals surface area contributed by atoms with Crippen molar-refractivity contribution in [1.29, 1.82) is 0 Å². The van der Waals surface area contributed by atoms with E-state index >= 15 is 0 Å². The van der Waals surface area contributed by atoms with Gasteiger partial charge in [0.05, 0.1) is 0 Å². The highest BCUT2D eigenvalue weighted by molar-refractivity contribution is 5.34. The molecule has 0 aliphatic rings. The van der Waals surface area contributed by atoms with Crippen molar-refractivity contribution < 1.29 is 0 Å². The van der Waals surface area contributed by atoms with Crippen molar-refractivity contribution in [1.82, 2.24) is 4.98 Å². The van der Waals surface area contributed by atoms with Gasteiger partial charge in [-0.15, -0.1) is 12.3 Å². The summed E-state index contributed by atoms with van der Waals surface area (Å²) in [5.41, 5.74) is 3.77. The summed E-state index contributed by atoms with van der Waals surface area (Å²) in [5.74, 6) is 3.17. The van der Waals surface area contributed by atoms with E-state index in [4.69, 9.17) is 6.42 Å². The van der Waals surface area contributed by atoms with Gasteiger partial charge in [-0.1, -0.05) is 13.8 Å². The van der Waals surface area contributed by atoms with Crippen molar-refractivity contribution >= 4 is 0 Å². The molecule has 1 aromatic rings. The Morgan fingerprint density at radius 1 is 1.46 bits per heavy atom. The highest BCUT2D eigenvalue weighted by Gasteiger charge is 2.06. The molecule has 0 saturated heterocycles. The van der Waals surface area contributed by atoms with E-state index in [-0.39, 0.29) is 0 Å².